The Bertz CT molecular complexity index is 2720. The number of benzene rings is 6. The number of rotatable bonds is 3. The van der Waals surface area contributed by atoms with E-state index in [0.29, 0.717) is 17.6 Å². The van der Waals surface area contributed by atoms with Gasteiger partial charge in [0.25, 0.3) is 0 Å². The normalized spacial score (nSPS) is 13.5. The summed E-state index contributed by atoms with van der Waals surface area (Å²) in [5, 5.41) is 4.78. The Morgan fingerprint density at radius 1 is 0.511 bits per heavy atom. The second-order valence-electron chi connectivity index (χ2n) is 12.9. The van der Waals surface area contributed by atoms with Crippen molar-refractivity contribution in [3.63, 3.8) is 0 Å². The molecule has 10 rings (SSSR count). The van der Waals surface area contributed by atoms with Gasteiger partial charge in [0.1, 0.15) is 0 Å². The minimum Gasteiger partial charge on any atom is -0.278 e. The highest BCUT2D eigenvalue weighted by atomic mass is 32.1. The summed E-state index contributed by atoms with van der Waals surface area (Å²) >= 11 is 1.81. The summed E-state index contributed by atoms with van der Waals surface area (Å²) in [5.41, 5.74) is 9.32. The Hall–Kier alpha value is -5.65. The van der Waals surface area contributed by atoms with Crippen LogP contribution in [-0.2, 0) is 5.41 Å². The van der Waals surface area contributed by atoms with Gasteiger partial charge in [-0.05, 0) is 52.6 Å². The molecule has 0 radical (unpaired) electrons. The van der Waals surface area contributed by atoms with Gasteiger partial charge in [0.2, 0.25) is 5.95 Å². The molecule has 0 amide bonds. The van der Waals surface area contributed by atoms with Crippen molar-refractivity contribution in [1.29, 1.82) is 0 Å². The fourth-order valence-electron chi connectivity index (χ4n) is 7.64. The summed E-state index contributed by atoms with van der Waals surface area (Å²) in [6, 6.07) is 47.5. The van der Waals surface area contributed by atoms with Crippen molar-refractivity contribution in [1.82, 2.24) is 19.5 Å². The molecule has 0 saturated heterocycles. The molecular formula is C42H28N4S. The van der Waals surface area contributed by atoms with E-state index in [1.807, 2.05) is 18.2 Å². The Balaban J connectivity index is 1.30. The Labute approximate surface area is 275 Å². The number of nitrogens with zero attached hydrogens (tertiary/aromatic N) is 4. The van der Waals surface area contributed by atoms with Crippen LogP contribution in [0.15, 0.2) is 133 Å². The molecular weight excluding hydrogens is 593 g/mol. The summed E-state index contributed by atoms with van der Waals surface area (Å²) in [6.45, 7) is 4.66. The molecule has 3 aromatic heterocycles. The molecule has 0 fully saturated rings. The Morgan fingerprint density at radius 2 is 1.21 bits per heavy atom. The van der Waals surface area contributed by atoms with Crippen molar-refractivity contribution in [2.24, 2.45) is 0 Å². The zero-order valence-electron chi connectivity index (χ0n) is 25.9. The molecule has 47 heavy (non-hydrogen) atoms. The van der Waals surface area contributed by atoms with Crippen LogP contribution in [0.5, 0.6) is 0 Å². The van der Waals surface area contributed by atoms with Gasteiger partial charge in [-0.1, -0.05) is 117 Å². The van der Waals surface area contributed by atoms with Gasteiger partial charge in [-0.25, -0.2) is 4.98 Å². The molecule has 3 heterocycles. The predicted octanol–water partition coefficient (Wildman–Crippen LogP) is 11.0. The first-order chi connectivity index (χ1) is 23.1. The fourth-order valence-corrected chi connectivity index (χ4v) is 8.77. The average Bonchev–Trinajstić information content (AvgIpc) is 3.73. The van der Waals surface area contributed by atoms with Gasteiger partial charge >= 0.3 is 0 Å². The molecule has 1 aliphatic rings. The molecule has 6 aromatic carbocycles. The minimum absolute atomic E-state index is 0.128. The van der Waals surface area contributed by atoms with Gasteiger partial charge in [-0.3, -0.25) is 4.57 Å². The third-order valence-corrected chi connectivity index (χ3v) is 11.0. The first-order valence-electron chi connectivity index (χ1n) is 16.0. The second kappa shape index (κ2) is 9.68. The van der Waals surface area contributed by atoms with Gasteiger partial charge in [-0.15, -0.1) is 11.3 Å². The van der Waals surface area contributed by atoms with Gasteiger partial charge in [0.05, 0.1) is 11.0 Å². The third-order valence-electron chi connectivity index (χ3n) is 9.87. The van der Waals surface area contributed by atoms with Crippen LogP contribution in [-0.4, -0.2) is 19.5 Å². The molecule has 4 nitrogen and oxygen atoms in total. The lowest BCUT2D eigenvalue weighted by atomic mass is 9.82. The van der Waals surface area contributed by atoms with E-state index in [-0.39, 0.29) is 5.41 Å². The minimum atomic E-state index is -0.128. The van der Waals surface area contributed by atoms with E-state index in [2.05, 4.69) is 134 Å². The second-order valence-corrected chi connectivity index (χ2v) is 13.9. The Morgan fingerprint density at radius 3 is 2.11 bits per heavy atom. The highest BCUT2D eigenvalue weighted by molar-refractivity contribution is 7.25. The molecule has 0 aliphatic heterocycles. The van der Waals surface area contributed by atoms with Crippen LogP contribution in [0, 0.1) is 0 Å². The lowest BCUT2D eigenvalue weighted by Crippen LogP contribution is -2.15. The highest BCUT2D eigenvalue weighted by Gasteiger charge is 2.36. The van der Waals surface area contributed by atoms with E-state index in [0.717, 1.165) is 22.2 Å². The van der Waals surface area contributed by atoms with Gasteiger partial charge in [0, 0.05) is 47.5 Å². The number of hydrogen-bond acceptors (Lipinski definition) is 4. The van der Waals surface area contributed by atoms with Crippen molar-refractivity contribution >= 4 is 53.3 Å². The SMILES string of the molecule is CC1(C)c2ccccc2-c2cc3c4ccccc4n(-c4nc(-c5ccccc5)nc(-c5cccc6sc7ccccc7c56)n4)c3cc21. The first-order valence-corrected chi connectivity index (χ1v) is 16.8. The van der Waals surface area contributed by atoms with Gasteiger partial charge in [-0.2, -0.15) is 9.97 Å². The molecule has 1 aliphatic carbocycles. The smallest absolute Gasteiger partial charge is 0.238 e. The number of thiophene rings is 1. The van der Waals surface area contributed by atoms with E-state index in [1.54, 1.807) is 11.3 Å². The van der Waals surface area contributed by atoms with Gasteiger partial charge < -0.3 is 0 Å². The van der Waals surface area contributed by atoms with Crippen molar-refractivity contribution in [2.45, 2.75) is 19.3 Å². The molecule has 5 heteroatoms. The van der Waals surface area contributed by atoms with E-state index in [9.17, 15) is 0 Å². The number of para-hydroxylation sites is 1. The van der Waals surface area contributed by atoms with Crippen molar-refractivity contribution in [2.75, 3.05) is 0 Å². The summed E-state index contributed by atoms with van der Waals surface area (Å²) in [4.78, 5) is 15.7. The van der Waals surface area contributed by atoms with Crippen LogP contribution in [0.2, 0.25) is 0 Å². The maximum atomic E-state index is 5.32. The standard InChI is InChI=1S/C42H28N4S/c1-42(2)32-19-9-6-15-26(32)30-23-31-27-16-7-10-20-34(27)46(35(31)24-33(30)42)41-44-39(25-13-4-3-5-14-25)43-40(45-41)29-18-12-22-37-38(29)28-17-8-11-21-36(28)47-37/h3-24H,1-2H3. The van der Waals surface area contributed by atoms with Crippen LogP contribution in [0.3, 0.4) is 0 Å². The maximum Gasteiger partial charge on any atom is 0.238 e. The van der Waals surface area contributed by atoms with Crippen LogP contribution in [0.4, 0.5) is 0 Å². The van der Waals surface area contributed by atoms with E-state index in [4.69, 9.17) is 15.0 Å². The van der Waals surface area contributed by atoms with Crippen molar-refractivity contribution in [3.8, 4) is 39.9 Å². The van der Waals surface area contributed by atoms with Crippen LogP contribution >= 0.6 is 11.3 Å². The zero-order valence-corrected chi connectivity index (χ0v) is 26.7. The van der Waals surface area contributed by atoms with Crippen LogP contribution in [0.1, 0.15) is 25.0 Å². The van der Waals surface area contributed by atoms with Crippen LogP contribution in [0.25, 0.3) is 81.8 Å². The molecule has 222 valence electrons. The van der Waals surface area contributed by atoms with Crippen molar-refractivity contribution < 1.29 is 0 Å². The Kier molecular flexibility index (Phi) is 5.47. The zero-order chi connectivity index (χ0) is 31.3. The van der Waals surface area contributed by atoms with Gasteiger partial charge in [0.15, 0.2) is 11.6 Å². The topological polar surface area (TPSA) is 43.6 Å². The molecule has 9 aromatic rings. The van der Waals surface area contributed by atoms with E-state index < -0.39 is 0 Å². The summed E-state index contributed by atoms with van der Waals surface area (Å²) in [5.74, 6) is 1.94. The molecule has 0 atom stereocenters. The number of hydrogen-bond donors (Lipinski definition) is 0. The quantitative estimate of drug-likeness (QED) is 0.197. The van der Waals surface area contributed by atoms with Crippen LogP contribution < -0.4 is 0 Å². The van der Waals surface area contributed by atoms with E-state index >= 15 is 0 Å². The average molecular weight is 621 g/mol. The molecule has 0 saturated carbocycles. The van der Waals surface area contributed by atoms with Crippen molar-refractivity contribution in [3.05, 3.63) is 145 Å². The third kappa shape index (κ3) is 3.78. The lowest BCUT2D eigenvalue weighted by molar-refractivity contribution is 0.661. The molecule has 0 unspecified atom stereocenters. The summed E-state index contributed by atoms with van der Waals surface area (Å²) in [7, 11) is 0. The predicted molar refractivity (Wildman–Crippen MR) is 195 cm³/mol. The molecule has 0 bridgehead atoms. The maximum absolute atomic E-state index is 5.32. The summed E-state index contributed by atoms with van der Waals surface area (Å²) in [6.07, 6.45) is 0. The summed E-state index contributed by atoms with van der Waals surface area (Å²) < 4.78 is 4.72. The molecule has 0 spiro atoms. The number of fused-ring (bicyclic) bond motifs is 9. The highest BCUT2D eigenvalue weighted by Crippen LogP contribution is 2.51. The lowest BCUT2D eigenvalue weighted by Gasteiger charge is -2.21. The fraction of sp³-hybridized carbons (Fsp3) is 0.0714. The van der Waals surface area contributed by atoms with E-state index in [1.165, 1.54) is 53.2 Å². The molecule has 0 N–H and O–H groups in total. The first kappa shape index (κ1) is 26.6. The largest absolute Gasteiger partial charge is 0.278 e. The monoisotopic (exact) mass is 620 g/mol. The number of aromatic nitrogens is 4.